The van der Waals surface area contributed by atoms with Crippen LogP contribution in [0.3, 0.4) is 0 Å². The first-order chi connectivity index (χ1) is 8.20. The third-order valence-electron chi connectivity index (χ3n) is 2.06. The van der Waals surface area contributed by atoms with Crippen LogP contribution in [0.25, 0.3) is 0 Å². The Kier molecular flexibility index (Phi) is 5.78. The Morgan fingerprint density at radius 3 is 2.29 bits per heavy atom. The van der Waals surface area contributed by atoms with Gasteiger partial charge in [-0.2, -0.15) is 0 Å². The van der Waals surface area contributed by atoms with E-state index in [4.69, 9.17) is 19.7 Å². The maximum Gasteiger partial charge on any atom is 0.255 e. The van der Waals surface area contributed by atoms with Gasteiger partial charge in [-0.1, -0.05) is 0 Å². The van der Waals surface area contributed by atoms with Crippen molar-refractivity contribution in [2.75, 3.05) is 33.0 Å². The fourth-order valence-electron chi connectivity index (χ4n) is 1.31. The molecule has 0 fully saturated rings. The molecule has 2 N–H and O–H groups in total. The Bertz CT molecular complexity index is 285. The van der Waals surface area contributed by atoms with Crippen LogP contribution in [0.2, 0.25) is 0 Å². The first kappa shape index (κ1) is 13.8. The molecule has 17 heavy (non-hydrogen) atoms. The lowest BCUT2D eigenvalue weighted by atomic mass is 10.4. The Labute approximate surface area is 98.2 Å². The van der Waals surface area contributed by atoms with Crippen LogP contribution in [0.1, 0.15) is 0 Å². The summed E-state index contributed by atoms with van der Waals surface area (Å²) >= 11 is 0. The molecule has 0 saturated carbocycles. The zero-order valence-electron chi connectivity index (χ0n) is 9.24. The number of imide groups is 1. The molecule has 1 atom stereocenters. The lowest BCUT2D eigenvalue weighted by Gasteiger charge is -2.24. The molecule has 7 heteroatoms. The van der Waals surface area contributed by atoms with Gasteiger partial charge >= 0.3 is 0 Å². The van der Waals surface area contributed by atoms with Crippen molar-refractivity contribution in [3.8, 4) is 0 Å². The molecule has 7 nitrogen and oxygen atoms in total. The number of carbonyl (C=O) groups is 2. The molecule has 1 unspecified atom stereocenters. The van der Waals surface area contributed by atoms with Gasteiger partial charge in [0.1, 0.15) is 0 Å². The first-order valence-electron chi connectivity index (χ1n) is 5.17. The Morgan fingerprint density at radius 2 is 1.76 bits per heavy atom. The van der Waals surface area contributed by atoms with Gasteiger partial charge in [0, 0.05) is 12.2 Å². The fourth-order valence-corrected chi connectivity index (χ4v) is 1.31. The van der Waals surface area contributed by atoms with Gasteiger partial charge < -0.3 is 19.7 Å². The molecule has 2 amide bonds. The van der Waals surface area contributed by atoms with Crippen LogP contribution < -0.4 is 0 Å². The number of hydrogen-bond donors (Lipinski definition) is 2. The van der Waals surface area contributed by atoms with Crippen molar-refractivity contribution in [1.82, 2.24) is 4.90 Å². The summed E-state index contributed by atoms with van der Waals surface area (Å²) in [5.74, 6) is -1.02. The maximum atomic E-state index is 11.3. The van der Waals surface area contributed by atoms with Gasteiger partial charge in [-0.15, -0.1) is 0 Å². The van der Waals surface area contributed by atoms with Crippen molar-refractivity contribution >= 4 is 11.8 Å². The number of nitrogens with zero attached hydrogens (tertiary/aromatic N) is 1. The van der Waals surface area contributed by atoms with Crippen molar-refractivity contribution in [1.29, 1.82) is 0 Å². The zero-order chi connectivity index (χ0) is 12.7. The molecule has 0 bridgehead atoms. The van der Waals surface area contributed by atoms with E-state index >= 15 is 0 Å². The van der Waals surface area contributed by atoms with E-state index in [1.165, 1.54) is 0 Å². The largest absolute Gasteiger partial charge is 0.394 e. The van der Waals surface area contributed by atoms with E-state index in [0.29, 0.717) is 0 Å². The number of aliphatic hydroxyl groups is 2. The summed E-state index contributed by atoms with van der Waals surface area (Å²) in [6, 6.07) is 0. The third kappa shape index (κ3) is 3.90. The van der Waals surface area contributed by atoms with Crippen LogP contribution in [0.5, 0.6) is 0 Å². The predicted molar refractivity (Wildman–Crippen MR) is 55.7 cm³/mol. The van der Waals surface area contributed by atoms with Crippen molar-refractivity contribution in [3.63, 3.8) is 0 Å². The molecule has 96 valence electrons. The molecule has 0 radical (unpaired) electrons. The third-order valence-corrected chi connectivity index (χ3v) is 2.06. The molecule has 1 rings (SSSR count). The average molecular weight is 245 g/mol. The summed E-state index contributed by atoms with van der Waals surface area (Å²) in [7, 11) is 0. The van der Waals surface area contributed by atoms with Gasteiger partial charge in [0.25, 0.3) is 11.8 Å². The lowest BCUT2D eigenvalue weighted by Crippen LogP contribution is -2.44. The van der Waals surface area contributed by atoms with Crippen LogP contribution in [-0.2, 0) is 19.1 Å². The van der Waals surface area contributed by atoms with Gasteiger partial charge in [-0.3, -0.25) is 9.59 Å². The molecule has 0 aromatic heterocycles. The van der Waals surface area contributed by atoms with Crippen molar-refractivity contribution in [2.45, 2.75) is 6.23 Å². The number of amides is 2. The Hall–Kier alpha value is -1.28. The average Bonchev–Trinajstić information content (AvgIpc) is 2.65. The summed E-state index contributed by atoms with van der Waals surface area (Å²) in [6.45, 7) is -0.0467. The highest BCUT2D eigenvalue weighted by Crippen LogP contribution is 2.09. The molecule has 0 aliphatic carbocycles. The monoisotopic (exact) mass is 245 g/mol. The summed E-state index contributed by atoms with van der Waals surface area (Å²) in [6.07, 6.45) is 1.25. The number of ether oxygens (including phenoxy) is 2. The summed E-state index contributed by atoms with van der Waals surface area (Å²) in [5.41, 5.74) is 0. The van der Waals surface area contributed by atoms with E-state index in [9.17, 15) is 9.59 Å². The Morgan fingerprint density at radius 1 is 1.12 bits per heavy atom. The number of rotatable bonds is 8. The van der Waals surface area contributed by atoms with Crippen LogP contribution in [0.15, 0.2) is 12.2 Å². The topological polar surface area (TPSA) is 96.3 Å². The second-order valence-electron chi connectivity index (χ2n) is 3.22. The zero-order valence-corrected chi connectivity index (χ0v) is 9.24. The van der Waals surface area contributed by atoms with E-state index in [-0.39, 0.29) is 26.4 Å². The minimum Gasteiger partial charge on any atom is -0.394 e. The van der Waals surface area contributed by atoms with Gasteiger partial charge in [0.15, 0.2) is 6.23 Å². The molecular formula is C10H15NO6. The standard InChI is InChI=1S/C10H15NO6/c12-3-4-16-5-6-17-10(7-13)11-8(14)1-2-9(11)15/h1-2,10,12-13H,3-7H2. The molecular weight excluding hydrogens is 230 g/mol. The van der Waals surface area contributed by atoms with Crippen LogP contribution in [0.4, 0.5) is 0 Å². The second kappa shape index (κ2) is 7.13. The van der Waals surface area contributed by atoms with Crippen LogP contribution >= 0.6 is 0 Å². The highest BCUT2D eigenvalue weighted by atomic mass is 16.5. The molecule has 1 heterocycles. The molecule has 0 saturated heterocycles. The smallest absolute Gasteiger partial charge is 0.255 e. The van der Waals surface area contributed by atoms with Crippen LogP contribution in [-0.4, -0.2) is 66.2 Å². The minimum atomic E-state index is -0.997. The fraction of sp³-hybridized carbons (Fsp3) is 0.600. The van der Waals surface area contributed by atoms with Crippen molar-refractivity contribution in [3.05, 3.63) is 12.2 Å². The SMILES string of the molecule is O=C1C=CC(=O)N1C(CO)OCCOCCO. The quantitative estimate of drug-likeness (QED) is 0.389. The van der Waals surface area contributed by atoms with Crippen molar-refractivity contribution < 1.29 is 29.3 Å². The van der Waals surface area contributed by atoms with Gasteiger partial charge in [-0.05, 0) is 0 Å². The predicted octanol–water partition coefficient (Wildman–Crippen LogP) is -1.74. The number of hydrogen-bond acceptors (Lipinski definition) is 6. The van der Waals surface area contributed by atoms with E-state index in [1.807, 2.05) is 0 Å². The number of aliphatic hydroxyl groups excluding tert-OH is 2. The van der Waals surface area contributed by atoms with E-state index < -0.39 is 24.6 Å². The molecule has 0 aromatic rings. The van der Waals surface area contributed by atoms with Crippen molar-refractivity contribution in [2.24, 2.45) is 0 Å². The summed E-state index contributed by atoms with van der Waals surface area (Å²) in [4.78, 5) is 23.4. The molecule has 0 aromatic carbocycles. The normalized spacial score (nSPS) is 16.9. The second-order valence-corrected chi connectivity index (χ2v) is 3.22. The van der Waals surface area contributed by atoms with Crippen LogP contribution in [0, 0.1) is 0 Å². The van der Waals surface area contributed by atoms with Gasteiger partial charge in [0.05, 0.1) is 33.0 Å². The minimum absolute atomic E-state index is 0.0869. The molecule has 0 spiro atoms. The number of carbonyl (C=O) groups excluding carboxylic acids is 2. The van der Waals surface area contributed by atoms with Gasteiger partial charge in [0.2, 0.25) is 0 Å². The summed E-state index contributed by atoms with van der Waals surface area (Å²) in [5, 5.41) is 17.5. The van der Waals surface area contributed by atoms with E-state index in [0.717, 1.165) is 17.1 Å². The first-order valence-corrected chi connectivity index (χ1v) is 5.17. The molecule has 1 aliphatic heterocycles. The van der Waals surface area contributed by atoms with E-state index in [2.05, 4.69) is 0 Å². The maximum absolute atomic E-state index is 11.3. The summed E-state index contributed by atoms with van der Waals surface area (Å²) < 4.78 is 10.1. The Balaban J connectivity index is 2.33. The highest BCUT2D eigenvalue weighted by molar-refractivity contribution is 6.13. The van der Waals surface area contributed by atoms with E-state index in [1.54, 1.807) is 0 Å². The highest BCUT2D eigenvalue weighted by Gasteiger charge is 2.31. The molecule has 1 aliphatic rings. The van der Waals surface area contributed by atoms with Gasteiger partial charge in [-0.25, -0.2) is 4.90 Å². The lowest BCUT2D eigenvalue weighted by molar-refractivity contribution is -0.158.